The van der Waals surface area contributed by atoms with Crippen molar-refractivity contribution in [1.82, 2.24) is 10.3 Å². The lowest BCUT2D eigenvalue weighted by molar-refractivity contribution is 0.0934. The molecular formula is C14H15FN2O2. The van der Waals surface area contributed by atoms with Crippen LogP contribution in [-0.4, -0.2) is 18.0 Å². The lowest BCUT2D eigenvalue weighted by Crippen LogP contribution is -2.27. The molecule has 0 aliphatic rings. The van der Waals surface area contributed by atoms with Crippen LogP contribution in [0.15, 0.2) is 36.5 Å². The molecule has 1 aromatic carbocycles. The molecule has 1 atom stereocenters. The first-order valence-corrected chi connectivity index (χ1v) is 5.90. The zero-order chi connectivity index (χ0) is 13.8. The zero-order valence-electron chi connectivity index (χ0n) is 10.7. The van der Waals surface area contributed by atoms with Gasteiger partial charge in [0.05, 0.1) is 18.7 Å². The highest BCUT2D eigenvalue weighted by atomic mass is 19.1. The van der Waals surface area contributed by atoms with Crippen LogP contribution in [0.1, 0.15) is 29.0 Å². The molecule has 100 valence electrons. The summed E-state index contributed by atoms with van der Waals surface area (Å²) in [5.74, 6) is -0.277. The Kier molecular flexibility index (Phi) is 3.85. The maximum atomic E-state index is 13.8. The third-order valence-corrected chi connectivity index (χ3v) is 2.86. The van der Waals surface area contributed by atoms with Crippen LogP contribution in [0.4, 0.5) is 4.39 Å². The maximum absolute atomic E-state index is 13.8. The van der Waals surface area contributed by atoms with Crippen molar-refractivity contribution in [1.29, 1.82) is 0 Å². The molecule has 1 aromatic heterocycles. The largest absolute Gasteiger partial charge is 0.496 e. The predicted molar refractivity (Wildman–Crippen MR) is 69.6 cm³/mol. The van der Waals surface area contributed by atoms with Gasteiger partial charge in [-0.2, -0.15) is 0 Å². The van der Waals surface area contributed by atoms with Gasteiger partial charge in [0, 0.05) is 6.20 Å². The van der Waals surface area contributed by atoms with Crippen molar-refractivity contribution in [2.45, 2.75) is 13.0 Å². The highest BCUT2D eigenvalue weighted by Gasteiger charge is 2.19. The van der Waals surface area contributed by atoms with Gasteiger partial charge in [-0.05, 0) is 31.2 Å². The molecule has 19 heavy (non-hydrogen) atoms. The van der Waals surface area contributed by atoms with Gasteiger partial charge in [-0.15, -0.1) is 0 Å². The molecule has 0 aliphatic heterocycles. The summed E-state index contributed by atoms with van der Waals surface area (Å²) in [6.07, 6.45) is 1.66. The number of H-pyrrole nitrogens is 1. The predicted octanol–water partition coefficient (Wildman–Crippen LogP) is 2.65. The van der Waals surface area contributed by atoms with Crippen LogP contribution in [0, 0.1) is 5.82 Å². The molecule has 0 bridgehead atoms. The fourth-order valence-electron chi connectivity index (χ4n) is 1.93. The van der Waals surface area contributed by atoms with E-state index in [0.29, 0.717) is 17.0 Å². The number of carbonyl (C=O) groups is 1. The van der Waals surface area contributed by atoms with E-state index in [4.69, 9.17) is 4.74 Å². The number of hydrogen-bond donors (Lipinski definition) is 2. The fourth-order valence-corrected chi connectivity index (χ4v) is 1.93. The minimum absolute atomic E-state index is 0.289. The van der Waals surface area contributed by atoms with Gasteiger partial charge in [-0.25, -0.2) is 4.39 Å². The van der Waals surface area contributed by atoms with Crippen LogP contribution < -0.4 is 10.1 Å². The topological polar surface area (TPSA) is 54.1 Å². The molecule has 0 radical (unpaired) electrons. The van der Waals surface area contributed by atoms with Crippen molar-refractivity contribution in [2.75, 3.05) is 7.11 Å². The Balaban J connectivity index is 2.21. The summed E-state index contributed by atoms with van der Waals surface area (Å²) < 4.78 is 19.0. The Bertz CT molecular complexity index is 567. The molecule has 0 saturated carbocycles. The van der Waals surface area contributed by atoms with E-state index in [9.17, 15) is 9.18 Å². The van der Waals surface area contributed by atoms with E-state index in [2.05, 4.69) is 10.3 Å². The summed E-state index contributed by atoms with van der Waals surface area (Å²) in [6, 6.07) is 7.46. The highest BCUT2D eigenvalue weighted by Crippen LogP contribution is 2.27. The minimum Gasteiger partial charge on any atom is -0.496 e. The van der Waals surface area contributed by atoms with Gasteiger partial charge in [-0.1, -0.05) is 6.07 Å². The van der Waals surface area contributed by atoms with Crippen molar-refractivity contribution in [2.24, 2.45) is 0 Å². The average Bonchev–Trinajstić information content (AvgIpc) is 2.92. The fraction of sp³-hybridized carbons (Fsp3) is 0.214. The molecule has 5 heteroatoms. The number of rotatable bonds is 4. The van der Waals surface area contributed by atoms with Crippen molar-refractivity contribution < 1.29 is 13.9 Å². The number of benzene rings is 1. The molecule has 4 nitrogen and oxygen atoms in total. The van der Waals surface area contributed by atoms with Gasteiger partial charge in [0.25, 0.3) is 5.91 Å². The Hall–Kier alpha value is -2.30. The summed E-state index contributed by atoms with van der Waals surface area (Å²) in [5.41, 5.74) is 0.770. The lowest BCUT2D eigenvalue weighted by Gasteiger charge is -2.17. The van der Waals surface area contributed by atoms with Gasteiger partial charge >= 0.3 is 0 Å². The second-order valence-electron chi connectivity index (χ2n) is 4.13. The van der Waals surface area contributed by atoms with Crippen molar-refractivity contribution >= 4 is 5.91 Å². The van der Waals surface area contributed by atoms with Gasteiger partial charge < -0.3 is 15.0 Å². The van der Waals surface area contributed by atoms with E-state index in [1.54, 1.807) is 37.4 Å². The first-order chi connectivity index (χ1) is 9.13. The van der Waals surface area contributed by atoms with Gasteiger partial charge in [0.15, 0.2) is 0 Å². The van der Waals surface area contributed by atoms with Gasteiger partial charge in [-0.3, -0.25) is 4.79 Å². The normalized spacial score (nSPS) is 11.9. The zero-order valence-corrected chi connectivity index (χ0v) is 10.7. The standard InChI is InChI=1S/C14H15FN2O2/c1-9(17-14(18)11-6-4-8-16-11)13-10(15)5-3-7-12(13)19-2/h3-9,16H,1-2H3,(H,17,18)/t9-/m0/s1. The number of aromatic nitrogens is 1. The van der Waals surface area contributed by atoms with Gasteiger partial charge in [0.2, 0.25) is 0 Å². The van der Waals surface area contributed by atoms with E-state index >= 15 is 0 Å². The Morgan fingerprint density at radius 1 is 1.37 bits per heavy atom. The average molecular weight is 262 g/mol. The molecule has 2 aromatic rings. The molecule has 0 aliphatic carbocycles. The molecule has 0 spiro atoms. The number of hydrogen-bond acceptors (Lipinski definition) is 2. The number of ether oxygens (including phenoxy) is 1. The first kappa shape index (κ1) is 13.1. The van der Waals surface area contributed by atoms with Crippen LogP contribution in [0.5, 0.6) is 5.75 Å². The van der Waals surface area contributed by atoms with E-state index in [0.717, 1.165) is 0 Å². The Morgan fingerprint density at radius 2 is 2.16 bits per heavy atom. The second kappa shape index (κ2) is 5.56. The van der Waals surface area contributed by atoms with Crippen molar-refractivity contribution in [3.05, 3.63) is 53.6 Å². The quantitative estimate of drug-likeness (QED) is 0.890. The van der Waals surface area contributed by atoms with Crippen LogP contribution in [-0.2, 0) is 0 Å². The van der Waals surface area contributed by atoms with Crippen LogP contribution in [0.2, 0.25) is 0 Å². The lowest BCUT2D eigenvalue weighted by atomic mass is 10.1. The number of nitrogens with one attached hydrogen (secondary N) is 2. The van der Waals surface area contributed by atoms with E-state index < -0.39 is 11.9 Å². The summed E-state index contributed by atoms with van der Waals surface area (Å²) in [4.78, 5) is 14.7. The number of methoxy groups -OCH3 is 1. The van der Waals surface area contributed by atoms with E-state index in [1.165, 1.54) is 13.2 Å². The van der Waals surface area contributed by atoms with Crippen LogP contribution >= 0.6 is 0 Å². The number of aromatic amines is 1. The van der Waals surface area contributed by atoms with Crippen LogP contribution in [0.3, 0.4) is 0 Å². The van der Waals surface area contributed by atoms with E-state index in [1.807, 2.05) is 0 Å². The van der Waals surface area contributed by atoms with Crippen molar-refractivity contribution in [3.63, 3.8) is 0 Å². The number of amides is 1. The molecule has 0 saturated heterocycles. The summed E-state index contributed by atoms with van der Waals surface area (Å²) in [7, 11) is 1.47. The summed E-state index contributed by atoms with van der Waals surface area (Å²) in [5, 5.41) is 2.72. The Labute approximate surface area is 110 Å². The molecule has 2 N–H and O–H groups in total. The molecule has 1 amide bonds. The molecule has 0 fully saturated rings. The second-order valence-corrected chi connectivity index (χ2v) is 4.13. The monoisotopic (exact) mass is 262 g/mol. The summed E-state index contributed by atoms with van der Waals surface area (Å²) >= 11 is 0. The maximum Gasteiger partial charge on any atom is 0.268 e. The smallest absolute Gasteiger partial charge is 0.268 e. The molecule has 0 unspecified atom stereocenters. The minimum atomic E-state index is -0.494. The molecule has 1 heterocycles. The SMILES string of the molecule is COc1cccc(F)c1[C@H](C)NC(=O)c1ccc[nH]1. The number of carbonyl (C=O) groups excluding carboxylic acids is 1. The van der Waals surface area contributed by atoms with Crippen LogP contribution in [0.25, 0.3) is 0 Å². The highest BCUT2D eigenvalue weighted by molar-refractivity contribution is 5.92. The van der Waals surface area contributed by atoms with Gasteiger partial charge in [0.1, 0.15) is 17.3 Å². The Morgan fingerprint density at radius 3 is 2.79 bits per heavy atom. The van der Waals surface area contributed by atoms with E-state index in [-0.39, 0.29) is 5.91 Å². The third kappa shape index (κ3) is 2.76. The number of halogens is 1. The third-order valence-electron chi connectivity index (χ3n) is 2.86. The van der Waals surface area contributed by atoms with Crippen molar-refractivity contribution in [3.8, 4) is 5.75 Å². The molecule has 2 rings (SSSR count). The first-order valence-electron chi connectivity index (χ1n) is 5.90. The summed E-state index contributed by atoms with van der Waals surface area (Å²) in [6.45, 7) is 1.71. The molecular weight excluding hydrogens is 247 g/mol.